The molecule has 7 heteroatoms. The molecule has 0 unspecified atom stereocenters. The van der Waals surface area contributed by atoms with Gasteiger partial charge >= 0.3 is 0 Å². The van der Waals surface area contributed by atoms with Crippen LogP contribution in [0.3, 0.4) is 0 Å². The van der Waals surface area contributed by atoms with Crippen LogP contribution in [0.15, 0.2) is 48.5 Å². The van der Waals surface area contributed by atoms with Crippen molar-refractivity contribution < 1.29 is 9.59 Å². The highest BCUT2D eigenvalue weighted by atomic mass is 35.5. The van der Waals surface area contributed by atoms with E-state index in [0.29, 0.717) is 28.8 Å². The number of rotatable bonds is 9. The van der Waals surface area contributed by atoms with Gasteiger partial charge in [0.25, 0.3) is 0 Å². The maximum absolute atomic E-state index is 13.2. The number of nitrogens with one attached hydrogen (secondary N) is 1. The van der Waals surface area contributed by atoms with Crippen LogP contribution in [-0.2, 0) is 21.9 Å². The van der Waals surface area contributed by atoms with Gasteiger partial charge in [0.15, 0.2) is 0 Å². The molecule has 0 aliphatic heterocycles. The van der Waals surface area contributed by atoms with Gasteiger partial charge in [-0.25, -0.2) is 0 Å². The number of carbonyl (C=O) groups is 2. The lowest BCUT2D eigenvalue weighted by atomic mass is 10.1. The Kier molecular flexibility index (Phi) is 9.73. The first-order valence-electron chi connectivity index (χ1n) is 10.3. The Morgan fingerprint density at radius 2 is 1.71 bits per heavy atom. The van der Waals surface area contributed by atoms with Crippen molar-refractivity contribution in [3.8, 4) is 0 Å². The molecule has 0 radical (unpaired) electrons. The van der Waals surface area contributed by atoms with Crippen LogP contribution >= 0.6 is 35.0 Å². The average Bonchev–Trinajstić information content (AvgIpc) is 2.70. The minimum atomic E-state index is -0.530. The average molecular weight is 481 g/mol. The molecule has 0 aliphatic rings. The van der Waals surface area contributed by atoms with Gasteiger partial charge in [-0.2, -0.15) is 0 Å². The Balaban J connectivity index is 2.12. The SMILES string of the molecule is CC[C@@H](C(=O)NC(C)(C)C)N(Cc1ccccc1)C(=O)CSCc1ccc(Cl)c(Cl)c1. The van der Waals surface area contributed by atoms with Crippen LogP contribution in [0.25, 0.3) is 0 Å². The molecule has 0 aromatic heterocycles. The molecule has 0 spiro atoms. The van der Waals surface area contributed by atoms with E-state index in [1.807, 2.05) is 70.2 Å². The minimum absolute atomic E-state index is 0.0650. The first kappa shape index (κ1) is 25.6. The molecule has 2 aromatic rings. The summed E-state index contributed by atoms with van der Waals surface area (Å²) in [4.78, 5) is 27.9. The van der Waals surface area contributed by atoms with Gasteiger partial charge in [-0.15, -0.1) is 11.8 Å². The van der Waals surface area contributed by atoms with Gasteiger partial charge in [-0.05, 0) is 50.5 Å². The van der Waals surface area contributed by atoms with E-state index in [2.05, 4.69) is 5.32 Å². The Morgan fingerprint density at radius 1 is 1.03 bits per heavy atom. The smallest absolute Gasteiger partial charge is 0.243 e. The van der Waals surface area contributed by atoms with Crippen molar-refractivity contribution in [2.45, 2.75) is 58.0 Å². The second-order valence-electron chi connectivity index (χ2n) is 8.41. The highest BCUT2D eigenvalue weighted by Crippen LogP contribution is 2.25. The van der Waals surface area contributed by atoms with Crippen molar-refractivity contribution in [1.82, 2.24) is 10.2 Å². The van der Waals surface area contributed by atoms with E-state index in [0.717, 1.165) is 11.1 Å². The lowest BCUT2D eigenvalue weighted by Crippen LogP contribution is -2.53. The van der Waals surface area contributed by atoms with Crippen LogP contribution in [-0.4, -0.2) is 34.0 Å². The van der Waals surface area contributed by atoms with Gasteiger partial charge in [0.05, 0.1) is 15.8 Å². The Hall–Kier alpha value is -1.69. The van der Waals surface area contributed by atoms with E-state index < -0.39 is 6.04 Å². The fourth-order valence-electron chi connectivity index (χ4n) is 3.12. The number of nitrogens with zero attached hydrogens (tertiary/aromatic N) is 1. The molecule has 0 aliphatic carbocycles. The maximum atomic E-state index is 13.2. The lowest BCUT2D eigenvalue weighted by Gasteiger charge is -2.33. The summed E-state index contributed by atoms with van der Waals surface area (Å²) < 4.78 is 0. The lowest BCUT2D eigenvalue weighted by molar-refractivity contribution is -0.140. The first-order chi connectivity index (χ1) is 14.6. The summed E-state index contributed by atoms with van der Waals surface area (Å²) in [7, 11) is 0. The van der Waals surface area contributed by atoms with E-state index in [9.17, 15) is 9.59 Å². The van der Waals surface area contributed by atoms with Gasteiger partial charge in [0, 0.05) is 17.8 Å². The molecule has 168 valence electrons. The fourth-order valence-corrected chi connectivity index (χ4v) is 4.30. The zero-order valence-electron chi connectivity index (χ0n) is 18.5. The van der Waals surface area contributed by atoms with E-state index in [1.54, 1.807) is 11.0 Å². The first-order valence-corrected chi connectivity index (χ1v) is 12.2. The highest BCUT2D eigenvalue weighted by molar-refractivity contribution is 7.99. The topological polar surface area (TPSA) is 49.4 Å². The number of hydrogen-bond donors (Lipinski definition) is 1. The van der Waals surface area contributed by atoms with E-state index >= 15 is 0 Å². The summed E-state index contributed by atoms with van der Waals surface area (Å²) >= 11 is 13.6. The molecule has 0 fully saturated rings. The van der Waals surface area contributed by atoms with Crippen molar-refractivity contribution in [2.75, 3.05) is 5.75 Å². The van der Waals surface area contributed by atoms with Crippen molar-refractivity contribution in [3.05, 3.63) is 69.7 Å². The third-order valence-corrected chi connectivity index (χ3v) is 6.29. The Morgan fingerprint density at radius 3 is 2.29 bits per heavy atom. The molecule has 0 heterocycles. The molecular formula is C24H30Cl2N2O2S. The third kappa shape index (κ3) is 8.40. The normalized spacial score (nSPS) is 12.3. The molecule has 0 saturated heterocycles. The summed E-state index contributed by atoms with van der Waals surface area (Å²) in [5, 5.41) is 4.03. The van der Waals surface area contributed by atoms with Crippen LogP contribution in [0.4, 0.5) is 0 Å². The van der Waals surface area contributed by atoms with E-state index in [-0.39, 0.29) is 23.1 Å². The number of benzene rings is 2. The number of halogens is 2. The number of thioether (sulfide) groups is 1. The minimum Gasteiger partial charge on any atom is -0.350 e. The standard InChI is InChI=1S/C24H30Cl2N2O2S/c1-5-21(23(30)27-24(2,3)4)28(14-17-9-7-6-8-10-17)22(29)16-31-15-18-11-12-19(25)20(26)13-18/h6-13,21H,5,14-16H2,1-4H3,(H,27,30)/t21-/m0/s1. The molecule has 31 heavy (non-hydrogen) atoms. The number of carbonyl (C=O) groups excluding carboxylic acids is 2. The Bertz CT molecular complexity index is 885. The zero-order chi connectivity index (χ0) is 23.0. The molecule has 4 nitrogen and oxygen atoms in total. The summed E-state index contributed by atoms with van der Waals surface area (Å²) in [5.41, 5.74) is 1.63. The summed E-state index contributed by atoms with van der Waals surface area (Å²) in [6, 6.07) is 14.7. The maximum Gasteiger partial charge on any atom is 0.243 e. The third-order valence-electron chi connectivity index (χ3n) is 4.56. The number of hydrogen-bond acceptors (Lipinski definition) is 3. The van der Waals surface area contributed by atoms with Crippen LogP contribution in [0.5, 0.6) is 0 Å². The molecule has 0 saturated carbocycles. The predicted octanol–water partition coefficient (Wildman–Crippen LogP) is 5.95. The summed E-state index contributed by atoms with van der Waals surface area (Å²) in [5.74, 6) is 0.706. The van der Waals surface area contributed by atoms with Crippen LogP contribution in [0.2, 0.25) is 10.0 Å². The summed E-state index contributed by atoms with van der Waals surface area (Å²) in [6.07, 6.45) is 0.540. The van der Waals surface area contributed by atoms with Gasteiger partial charge in [0.2, 0.25) is 11.8 Å². The molecule has 2 amide bonds. The summed E-state index contributed by atoms with van der Waals surface area (Å²) in [6.45, 7) is 8.14. The van der Waals surface area contributed by atoms with Crippen LogP contribution in [0, 0.1) is 0 Å². The van der Waals surface area contributed by atoms with Gasteiger partial charge in [-0.3, -0.25) is 9.59 Å². The van der Waals surface area contributed by atoms with E-state index in [1.165, 1.54) is 11.8 Å². The van der Waals surface area contributed by atoms with Crippen molar-refractivity contribution in [1.29, 1.82) is 0 Å². The van der Waals surface area contributed by atoms with Crippen molar-refractivity contribution in [3.63, 3.8) is 0 Å². The molecule has 2 rings (SSSR count). The monoisotopic (exact) mass is 480 g/mol. The highest BCUT2D eigenvalue weighted by Gasteiger charge is 2.30. The van der Waals surface area contributed by atoms with Crippen LogP contribution in [0.1, 0.15) is 45.2 Å². The Labute approximate surface area is 199 Å². The molecule has 2 aromatic carbocycles. The van der Waals surface area contributed by atoms with Crippen LogP contribution < -0.4 is 5.32 Å². The number of amides is 2. The second-order valence-corrected chi connectivity index (χ2v) is 10.2. The molecular weight excluding hydrogens is 451 g/mol. The molecule has 1 N–H and O–H groups in total. The van der Waals surface area contributed by atoms with E-state index in [4.69, 9.17) is 23.2 Å². The fraction of sp³-hybridized carbons (Fsp3) is 0.417. The molecule has 0 bridgehead atoms. The van der Waals surface area contributed by atoms with Crippen molar-refractivity contribution >= 4 is 46.8 Å². The largest absolute Gasteiger partial charge is 0.350 e. The second kappa shape index (κ2) is 11.8. The zero-order valence-corrected chi connectivity index (χ0v) is 20.8. The van der Waals surface area contributed by atoms with Gasteiger partial charge < -0.3 is 10.2 Å². The quantitative estimate of drug-likeness (QED) is 0.482. The predicted molar refractivity (Wildman–Crippen MR) is 132 cm³/mol. The van der Waals surface area contributed by atoms with Gasteiger partial charge in [-0.1, -0.05) is 66.5 Å². The molecule has 1 atom stereocenters. The van der Waals surface area contributed by atoms with Crippen molar-refractivity contribution in [2.24, 2.45) is 0 Å². The van der Waals surface area contributed by atoms with Gasteiger partial charge in [0.1, 0.15) is 6.04 Å².